The smallest absolute Gasteiger partial charge is 0.344 e. The minimum atomic E-state index is -0.483. The topological polar surface area (TPSA) is 93.2 Å². The summed E-state index contributed by atoms with van der Waals surface area (Å²) in [5, 5.41) is -0.457. The number of carbonyl (C=O) groups excluding carboxylic acids is 4. The van der Waals surface area contributed by atoms with E-state index in [1.807, 2.05) is 0 Å². The Kier molecular flexibility index (Phi) is 9.39. The lowest BCUT2D eigenvalue weighted by Gasteiger charge is -2.22. The Morgan fingerprint density at radius 3 is 2.33 bits per heavy atom. The minimum absolute atomic E-state index is 0.200. The van der Waals surface area contributed by atoms with Crippen LogP contribution >= 0.6 is 43.6 Å². The molecule has 3 amide bonds. The zero-order chi connectivity index (χ0) is 24.0. The van der Waals surface area contributed by atoms with E-state index in [4.69, 9.17) is 9.47 Å². The Morgan fingerprint density at radius 1 is 1.09 bits per heavy atom. The molecule has 0 aliphatic carbocycles. The van der Waals surface area contributed by atoms with Crippen molar-refractivity contribution in [2.24, 2.45) is 0 Å². The highest BCUT2D eigenvalue weighted by Gasteiger charge is 2.37. The maximum atomic E-state index is 12.8. The number of likely N-dealkylation sites (tertiary alicyclic amines) is 1. The fraction of sp³-hybridized carbons (Fsp3) is 0.455. The van der Waals surface area contributed by atoms with Gasteiger partial charge in [0, 0.05) is 13.1 Å². The van der Waals surface area contributed by atoms with Gasteiger partial charge in [-0.1, -0.05) is 12.8 Å². The van der Waals surface area contributed by atoms with Crippen LogP contribution in [0.25, 0.3) is 6.08 Å². The Balaban J connectivity index is 1.69. The fourth-order valence-corrected chi connectivity index (χ4v) is 5.77. The van der Waals surface area contributed by atoms with E-state index in [0.29, 0.717) is 33.3 Å². The van der Waals surface area contributed by atoms with E-state index in [2.05, 4.69) is 31.9 Å². The van der Waals surface area contributed by atoms with E-state index in [0.717, 1.165) is 42.3 Å². The molecule has 0 aromatic heterocycles. The van der Waals surface area contributed by atoms with Crippen molar-refractivity contribution in [2.45, 2.75) is 32.6 Å². The number of carbonyl (C=O) groups is 4. The molecule has 8 nitrogen and oxygen atoms in total. The van der Waals surface area contributed by atoms with Crippen molar-refractivity contribution < 1.29 is 28.7 Å². The number of hydrogen-bond acceptors (Lipinski definition) is 7. The third-order valence-corrected chi connectivity index (χ3v) is 7.17. The molecule has 2 heterocycles. The Hall–Kier alpha value is -1.85. The molecule has 2 saturated heterocycles. The molecule has 2 aliphatic rings. The lowest BCUT2D eigenvalue weighted by atomic mass is 10.2. The fourth-order valence-electron chi connectivity index (χ4n) is 3.48. The van der Waals surface area contributed by atoms with Gasteiger partial charge in [0.25, 0.3) is 11.1 Å². The van der Waals surface area contributed by atoms with Gasteiger partial charge in [-0.15, -0.1) is 0 Å². The number of rotatable bonds is 7. The molecular formula is C22H24Br2N2O6S. The number of ether oxygens (including phenoxy) is 2. The second-order valence-electron chi connectivity index (χ2n) is 7.47. The standard InChI is InChI=1S/C22H24Br2N2O6S/c1-2-31-19(28)13-32-20-15(23)9-14(10-16(20)24)11-17-21(29)26(22(30)33-17)12-18(27)25-7-5-3-4-6-8-25/h9-11H,2-8,12-13H2,1H3. The van der Waals surface area contributed by atoms with E-state index in [1.54, 1.807) is 30.0 Å². The van der Waals surface area contributed by atoms with Gasteiger partial charge in [0.15, 0.2) is 6.61 Å². The van der Waals surface area contributed by atoms with Crippen LogP contribution in [0.2, 0.25) is 0 Å². The molecule has 0 saturated carbocycles. The molecule has 0 bridgehead atoms. The summed E-state index contributed by atoms with van der Waals surface area (Å²) >= 11 is 7.62. The van der Waals surface area contributed by atoms with Gasteiger partial charge >= 0.3 is 5.97 Å². The molecule has 2 aliphatic heterocycles. The summed E-state index contributed by atoms with van der Waals surface area (Å²) in [7, 11) is 0. The molecule has 178 valence electrons. The van der Waals surface area contributed by atoms with Crippen LogP contribution in [0.3, 0.4) is 0 Å². The summed E-state index contributed by atoms with van der Waals surface area (Å²) in [6.45, 7) is 2.83. The lowest BCUT2D eigenvalue weighted by Crippen LogP contribution is -2.42. The normalized spacial score (nSPS) is 18.0. The largest absolute Gasteiger partial charge is 0.480 e. The molecule has 3 rings (SSSR count). The van der Waals surface area contributed by atoms with Gasteiger partial charge < -0.3 is 14.4 Å². The third kappa shape index (κ3) is 6.83. The molecule has 0 N–H and O–H groups in total. The van der Waals surface area contributed by atoms with Crippen LogP contribution < -0.4 is 4.74 Å². The van der Waals surface area contributed by atoms with Gasteiger partial charge in [-0.3, -0.25) is 19.3 Å². The number of thioether (sulfide) groups is 1. The summed E-state index contributed by atoms with van der Waals surface area (Å²) in [6.07, 6.45) is 5.65. The zero-order valence-electron chi connectivity index (χ0n) is 18.1. The van der Waals surface area contributed by atoms with E-state index >= 15 is 0 Å². The highest BCUT2D eigenvalue weighted by atomic mass is 79.9. The van der Waals surface area contributed by atoms with Crippen molar-refractivity contribution in [3.8, 4) is 5.75 Å². The van der Waals surface area contributed by atoms with Crippen molar-refractivity contribution in [1.82, 2.24) is 9.80 Å². The summed E-state index contributed by atoms with van der Waals surface area (Å²) in [4.78, 5) is 52.4. The van der Waals surface area contributed by atoms with Gasteiger partial charge in [0.05, 0.1) is 20.5 Å². The zero-order valence-corrected chi connectivity index (χ0v) is 22.1. The van der Waals surface area contributed by atoms with Gasteiger partial charge in [0.1, 0.15) is 12.3 Å². The molecule has 2 fully saturated rings. The van der Waals surface area contributed by atoms with Crippen molar-refractivity contribution in [3.05, 3.63) is 31.5 Å². The third-order valence-electron chi connectivity index (χ3n) is 5.08. The van der Waals surface area contributed by atoms with Crippen molar-refractivity contribution in [3.63, 3.8) is 0 Å². The van der Waals surface area contributed by atoms with Crippen LogP contribution in [-0.4, -0.2) is 65.7 Å². The second kappa shape index (κ2) is 12.0. The highest BCUT2D eigenvalue weighted by molar-refractivity contribution is 9.11. The molecular weight excluding hydrogens is 580 g/mol. The van der Waals surface area contributed by atoms with Crippen molar-refractivity contribution in [2.75, 3.05) is 32.8 Å². The van der Waals surface area contributed by atoms with Crippen LogP contribution in [0.5, 0.6) is 5.75 Å². The summed E-state index contributed by atoms with van der Waals surface area (Å²) in [6, 6.07) is 3.42. The highest BCUT2D eigenvalue weighted by Crippen LogP contribution is 2.37. The number of imide groups is 1. The average Bonchev–Trinajstić information content (AvgIpc) is 2.95. The maximum absolute atomic E-state index is 12.8. The van der Waals surface area contributed by atoms with Gasteiger partial charge in [0.2, 0.25) is 5.91 Å². The van der Waals surface area contributed by atoms with Gasteiger partial charge in [-0.25, -0.2) is 4.79 Å². The SMILES string of the molecule is CCOC(=O)COc1c(Br)cc(C=C2SC(=O)N(CC(=O)N3CCCCCC3)C2=O)cc1Br. The molecule has 1 aromatic rings. The number of halogens is 2. The lowest BCUT2D eigenvalue weighted by molar-refractivity contribution is -0.145. The summed E-state index contributed by atoms with van der Waals surface area (Å²) < 4.78 is 11.5. The number of esters is 1. The van der Waals surface area contributed by atoms with E-state index in [-0.39, 0.29) is 30.6 Å². The number of amides is 3. The predicted octanol–water partition coefficient (Wildman–Crippen LogP) is 4.59. The first-order valence-electron chi connectivity index (χ1n) is 10.6. The van der Waals surface area contributed by atoms with Crippen molar-refractivity contribution >= 4 is 72.7 Å². The molecule has 0 spiro atoms. The van der Waals surface area contributed by atoms with Crippen LogP contribution in [-0.2, 0) is 19.1 Å². The molecule has 0 radical (unpaired) electrons. The van der Waals surface area contributed by atoms with Crippen LogP contribution in [0.4, 0.5) is 4.79 Å². The van der Waals surface area contributed by atoms with E-state index in [9.17, 15) is 19.2 Å². The average molecular weight is 604 g/mol. The van der Waals surface area contributed by atoms with Crippen LogP contribution in [0, 0.1) is 0 Å². The second-order valence-corrected chi connectivity index (χ2v) is 10.2. The summed E-state index contributed by atoms with van der Waals surface area (Å²) in [5.74, 6) is -0.753. The minimum Gasteiger partial charge on any atom is -0.480 e. The van der Waals surface area contributed by atoms with Crippen LogP contribution in [0.15, 0.2) is 26.0 Å². The van der Waals surface area contributed by atoms with Gasteiger partial charge in [-0.2, -0.15) is 0 Å². The predicted molar refractivity (Wildman–Crippen MR) is 132 cm³/mol. The molecule has 33 heavy (non-hydrogen) atoms. The summed E-state index contributed by atoms with van der Waals surface area (Å²) in [5.41, 5.74) is 0.640. The Morgan fingerprint density at radius 2 is 1.73 bits per heavy atom. The molecule has 11 heteroatoms. The number of nitrogens with zero attached hydrogens (tertiary/aromatic N) is 2. The number of benzene rings is 1. The molecule has 1 aromatic carbocycles. The first kappa shape index (κ1) is 25.8. The van der Waals surface area contributed by atoms with E-state index in [1.165, 1.54) is 0 Å². The van der Waals surface area contributed by atoms with E-state index < -0.39 is 17.1 Å². The maximum Gasteiger partial charge on any atom is 0.344 e. The quantitative estimate of drug-likeness (QED) is 0.332. The number of hydrogen-bond donors (Lipinski definition) is 0. The molecule has 0 unspecified atom stereocenters. The Labute approximate surface area is 213 Å². The monoisotopic (exact) mass is 602 g/mol. The Bertz CT molecular complexity index is 953. The first-order valence-corrected chi connectivity index (χ1v) is 13.0. The van der Waals surface area contributed by atoms with Crippen molar-refractivity contribution in [1.29, 1.82) is 0 Å². The van der Waals surface area contributed by atoms with Crippen LogP contribution in [0.1, 0.15) is 38.2 Å². The van der Waals surface area contributed by atoms with Gasteiger partial charge in [-0.05, 0) is 87.2 Å². The first-order chi connectivity index (χ1) is 15.8. The molecule has 0 atom stereocenters.